The molecular weight excluding hydrogens is 473 g/mol. The van der Waals surface area contributed by atoms with Gasteiger partial charge in [0, 0.05) is 37.9 Å². The van der Waals surface area contributed by atoms with Crippen LogP contribution in [0.5, 0.6) is 5.75 Å². The Hall–Kier alpha value is -4.02. The van der Waals surface area contributed by atoms with Crippen LogP contribution in [0.1, 0.15) is 49.8 Å². The molecule has 0 aliphatic heterocycles. The lowest BCUT2D eigenvalue weighted by Crippen LogP contribution is -2.17. The quantitative estimate of drug-likeness (QED) is 0.314. The molecular formula is C26H31F3N4O3. The molecule has 0 aliphatic carbocycles. The van der Waals surface area contributed by atoms with Crippen LogP contribution in [-0.4, -0.2) is 40.1 Å². The predicted molar refractivity (Wildman–Crippen MR) is 135 cm³/mol. The molecule has 0 aliphatic rings. The number of amides is 1. The average Bonchev–Trinajstić information content (AvgIpc) is 3.34. The number of nitrogens with zero attached hydrogens (tertiary/aromatic N) is 3. The third-order valence-corrected chi connectivity index (χ3v) is 4.16. The fraction of sp³-hybridized carbons (Fsp3) is 0.346. The maximum atomic E-state index is 12.7. The summed E-state index contributed by atoms with van der Waals surface area (Å²) in [7, 11) is 0. The Labute approximate surface area is 210 Å². The van der Waals surface area contributed by atoms with Gasteiger partial charge >= 0.3 is 6.18 Å². The largest absolute Gasteiger partial charge is 0.491 e. The van der Waals surface area contributed by atoms with Crippen LogP contribution in [0.4, 0.5) is 18.9 Å². The molecule has 194 valence electrons. The number of carbonyl (C=O) groups is 1. The summed E-state index contributed by atoms with van der Waals surface area (Å²) in [5, 5.41) is 2.53. The summed E-state index contributed by atoms with van der Waals surface area (Å²) in [6, 6.07) is 4.77. The van der Waals surface area contributed by atoms with Crippen LogP contribution in [0.3, 0.4) is 0 Å². The maximum Gasteiger partial charge on any atom is 0.433 e. The van der Waals surface area contributed by atoms with Crippen molar-refractivity contribution in [3.8, 4) is 31.4 Å². The number of anilines is 1. The molecule has 3 aromatic heterocycles. The van der Waals surface area contributed by atoms with Crippen molar-refractivity contribution in [3.05, 3.63) is 54.2 Å². The van der Waals surface area contributed by atoms with Crippen LogP contribution >= 0.6 is 0 Å². The van der Waals surface area contributed by atoms with Gasteiger partial charge in [-0.3, -0.25) is 4.79 Å². The molecule has 0 spiro atoms. The van der Waals surface area contributed by atoms with Crippen molar-refractivity contribution >= 4 is 17.2 Å². The molecule has 0 saturated carbocycles. The second-order valence-corrected chi connectivity index (χ2v) is 6.59. The molecule has 36 heavy (non-hydrogen) atoms. The van der Waals surface area contributed by atoms with E-state index in [1.807, 2.05) is 6.92 Å². The molecule has 0 fully saturated rings. The van der Waals surface area contributed by atoms with Crippen LogP contribution in [-0.2, 0) is 10.9 Å². The van der Waals surface area contributed by atoms with Crippen molar-refractivity contribution in [1.29, 1.82) is 0 Å². The zero-order valence-electron chi connectivity index (χ0n) is 20.6. The first-order valence-corrected chi connectivity index (χ1v) is 11.0. The summed E-state index contributed by atoms with van der Waals surface area (Å²) >= 11 is 0. The number of aromatic nitrogens is 3. The summed E-state index contributed by atoms with van der Waals surface area (Å²) < 4.78 is 50.4. The molecule has 10 heteroatoms. The molecule has 0 aromatic carbocycles. The highest BCUT2D eigenvalue weighted by atomic mass is 19.4. The van der Waals surface area contributed by atoms with Gasteiger partial charge in [0.15, 0.2) is 0 Å². The molecule has 1 N–H and O–H groups in total. The highest BCUT2D eigenvalue weighted by Crippen LogP contribution is 2.29. The Morgan fingerprint density at radius 3 is 2.39 bits per heavy atom. The highest BCUT2D eigenvalue weighted by Gasteiger charge is 2.33. The van der Waals surface area contributed by atoms with E-state index >= 15 is 0 Å². The average molecular weight is 505 g/mol. The van der Waals surface area contributed by atoms with Gasteiger partial charge in [-0.15, -0.1) is 25.7 Å². The van der Waals surface area contributed by atoms with Gasteiger partial charge in [0.05, 0.1) is 6.61 Å². The number of hydrogen-bond acceptors (Lipinski definition) is 5. The summed E-state index contributed by atoms with van der Waals surface area (Å²) in [4.78, 5) is 19.8. The SMILES string of the molecule is C#C.C#C.CCCCOCC.CCOc1cc2nccn2cc1NC(=O)c1cccc(C(F)(F)F)n1. The monoisotopic (exact) mass is 504 g/mol. The number of hydrogen-bond donors (Lipinski definition) is 1. The smallest absolute Gasteiger partial charge is 0.433 e. The number of nitrogens with one attached hydrogen (secondary N) is 1. The zero-order chi connectivity index (χ0) is 27.6. The van der Waals surface area contributed by atoms with Crippen molar-refractivity contribution in [2.24, 2.45) is 0 Å². The second kappa shape index (κ2) is 17.4. The second-order valence-electron chi connectivity index (χ2n) is 6.59. The van der Waals surface area contributed by atoms with Crippen molar-refractivity contribution in [2.45, 2.75) is 39.8 Å². The van der Waals surface area contributed by atoms with Gasteiger partial charge in [-0.25, -0.2) is 9.97 Å². The van der Waals surface area contributed by atoms with Gasteiger partial charge in [-0.2, -0.15) is 13.2 Å². The van der Waals surface area contributed by atoms with E-state index in [0.717, 1.165) is 25.3 Å². The zero-order valence-corrected chi connectivity index (χ0v) is 20.6. The van der Waals surface area contributed by atoms with Gasteiger partial charge in [0.1, 0.15) is 28.5 Å². The van der Waals surface area contributed by atoms with Crippen LogP contribution < -0.4 is 10.1 Å². The maximum absolute atomic E-state index is 12.7. The minimum Gasteiger partial charge on any atom is -0.491 e. The van der Waals surface area contributed by atoms with E-state index in [1.165, 1.54) is 18.9 Å². The van der Waals surface area contributed by atoms with Crippen molar-refractivity contribution in [3.63, 3.8) is 0 Å². The molecule has 1 amide bonds. The molecule has 7 nitrogen and oxygen atoms in total. The third kappa shape index (κ3) is 10.5. The van der Waals surface area contributed by atoms with Gasteiger partial charge in [0.2, 0.25) is 0 Å². The summed E-state index contributed by atoms with van der Waals surface area (Å²) in [6.07, 6.45) is 18.6. The summed E-state index contributed by atoms with van der Waals surface area (Å²) in [6.45, 7) is 8.11. The number of terminal acetylenes is 2. The van der Waals surface area contributed by atoms with E-state index < -0.39 is 17.8 Å². The number of pyridine rings is 2. The first-order chi connectivity index (χ1) is 17.3. The number of rotatable bonds is 8. The normalized spacial score (nSPS) is 9.94. The molecule has 0 saturated heterocycles. The number of alkyl halides is 3. The fourth-order valence-electron chi connectivity index (χ4n) is 2.61. The lowest BCUT2D eigenvalue weighted by molar-refractivity contribution is -0.141. The topological polar surface area (TPSA) is 77.8 Å². The molecule has 3 rings (SSSR count). The van der Waals surface area contributed by atoms with Crippen LogP contribution in [0, 0.1) is 25.7 Å². The van der Waals surface area contributed by atoms with E-state index in [-0.39, 0.29) is 5.69 Å². The lowest BCUT2D eigenvalue weighted by atomic mass is 10.2. The molecule has 3 heterocycles. The van der Waals surface area contributed by atoms with Gasteiger partial charge < -0.3 is 19.2 Å². The third-order valence-electron chi connectivity index (χ3n) is 4.16. The van der Waals surface area contributed by atoms with Crippen molar-refractivity contribution < 1.29 is 27.4 Å². The Morgan fingerprint density at radius 2 is 1.81 bits per heavy atom. The van der Waals surface area contributed by atoms with Crippen LogP contribution in [0.25, 0.3) is 5.65 Å². The standard InChI is InChI=1S/C16H13F3N4O2.C6H14O.2C2H2/c1-2-25-12-8-14-20-6-7-23(14)9-11(12)22-15(24)10-4-3-5-13(21-10)16(17,18)19;1-3-5-6-7-4-2;2*1-2/h3-9H,2H2,1H3,(H,22,24);3-6H2,1-2H3;2*1-2H. The van der Waals surface area contributed by atoms with Gasteiger partial charge in [-0.1, -0.05) is 19.4 Å². The van der Waals surface area contributed by atoms with Crippen molar-refractivity contribution in [1.82, 2.24) is 14.4 Å². The van der Waals surface area contributed by atoms with E-state index in [0.29, 0.717) is 23.7 Å². The Balaban J connectivity index is 0.000000952. The number of halogens is 3. The number of imidazole rings is 1. The molecule has 0 atom stereocenters. The first-order valence-electron chi connectivity index (χ1n) is 11.0. The van der Waals surface area contributed by atoms with E-state index in [1.54, 1.807) is 36.0 Å². The molecule has 0 unspecified atom stereocenters. The van der Waals surface area contributed by atoms with Gasteiger partial charge in [0.25, 0.3) is 5.91 Å². The minimum atomic E-state index is -4.62. The number of unbranched alkanes of at least 4 members (excludes halogenated alkanes) is 1. The summed E-state index contributed by atoms with van der Waals surface area (Å²) in [5.41, 5.74) is -0.562. The Morgan fingerprint density at radius 1 is 1.11 bits per heavy atom. The van der Waals surface area contributed by atoms with Crippen LogP contribution in [0.15, 0.2) is 42.9 Å². The predicted octanol–water partition coefficient (Wildman–Crippen LogP) is 5.72. The number of ether oxygens (including phenoxy) is 2. The van der Waals surface area contributed by atoms with E-state index in [4.69, 9.17) is 9.47 Å². The van der Waals surface area contributed by atoms with Crippen molar-refractivity contribution in [2.75, 3.05) is 25.1 Å². The van der Waals surface area contributed by atoms with Gasteiger partial charge in [-0.05, 0) is 32.4 Å². The minimum absolute atomic E-state index is 0.302. The van der Waals surface area contributed by atoms with Crippen LogP contribution in [0.2, 0.25) is 0 Å². The van der Waals surface area contributed by atoms with E-state index in [9.17, 15) is 18.0 Å². The summed E-state index contributed by atoms with van der Waals surface area (Å²) in [5.74, 6) is -0.409. The Kier molecular flexibility index (Phi) is 15.5. The Bertz CT molecular complexity index is 1080. The first kappa shape index (κ1) is 32.0. The molecule has 3 aromatic rings. The number of fused-ring (bicyclic) bond motifs is 1. The fourth-order valence-corrected chi connectivity index (χ4v) is 2.61. The molecule has 0 bridgehead atoms. The highest BCUT2D eigenvalue weighted by molar-refractivity contribution is 6.03. The number of carbonyl (C=O) groups excluding carboxylic acids is 1. The molecule has 0 radical (unpaired) electrons. The lowest BCUT2D eigenvalue weighted by Gasteiger charge is -2.12. The van der Waals surface area contributed by atoms with E-state index in [2.05, 4.69) is 47.9 Å².